The second-order valence-corrected chi connectivity index (χ2v) is 8.53. The molecular weight excluding hydrogens is 426 g/mol. The summed E-state index contributed by atoms with van der Waals surface area (Å²) in [5, 5.41) is 0.638. The molecule has 32 heavy (non-hydrogen) atoms. The molecule has 4 rings (SSSR count). The van der Waals surface area contributed by atoms with Crippen LogP contribution in [0.5, 0.6) is 5.75 Å². The van der Waals surface area contributed by atoms with Crippen LogP contribution in [0.3, 0.4) is 0 Å². The van der Waals surface area contributed by atoms with Gasteiger partial charge in [-0.15, -0.1) is 11.3 Å². The Balaban J connectivity index is 1.31. The second-order valence-electron chi connectivity index (χ2n) is 7.53. The van der Waals surface area contributed by atoms with Crippen molar-refractivity contribution in [1.29, 1.82) is 0 Å². The van der Waals surface area contributed by atoms with Crippen molar-refractivity contribution < 1.29 is 14.3 Å². The fourth-order valence-corrected chi connectivity index (χ4v) is 4.59. The van der Waals surface area contributed by atoms with Crippen LogP contribution in [-0.2, 0) is 11.2 Å². The molecule has 0 spiro atoms. The van der Waals surface area contributed by atoms with Gasteiger partial charge in [-0.3, -0.25) is 9.59 Å². The summed E-state index contributed by atoms with van der Waals surface area (Å²) in [6.45, 7) is 3.94. The van der Waals surface area contributed by atoms with Crippen LogP contribution >= 0.6 is 11.3 Å². The summed E-state index contributed by atoms with van der Waals surface area (Å²) < 4.78 is 5.17. The number of methoxy groups -OCH3 is 1. The van der Waals surface area contributed by atoms with Gasteiger partial charge in [0.15, 0.2) is 10.8 Å². The lowest BCUT2D eigenvalue weighted by atomic mass is 10.1. The molecule has 0 N–H and O–H groups in total. The van der Waals surface area contributed by atoms with Crippen molar-refractivity contribution in [2.45, 2.75) is 19.8 Å². The Morgan fingerprint density at radius 2 is 1.69 bits per heavy atom. The van der Waals surface area contributed by atoms with Crippen molar-refractivity contribution in [1.82, 2.24) is 24.8 Å². The molecule has 1 aliphatic heterocycles. The Bertz CT molecular complexity index is 1080. The van der Waals surface area contributed by atoms with Gasteiger partial charge >= 0.3 is 0 Å². The van der Waals surface area contributed by atoms with Gasteiger partial charge in [-0.05, 0) is 37.1 Å². The van der Waals surface area contributed by atoms with E-state index in [-0.39, 0.29) is 11.8 Å². The van der Waals surface area contributed by atoms with Crippen LogP contribution in [0.4, 0.5) is 0 Å². The topological polar surface area (TPSA) is 88.5 Å². The van der Waals surface area contributed by atoms with E-state index in [9.17, 15) is 9.59 Å². The van der Waals surface area contributed by atoms with E-state index < -0.39 is 0 Å². The Hall–Kier alpha value is -3.33. The molecule has 0 bridgehead atoms. The van der Waals surface area contributed by atoms with E-state index in [1.807, 2.05) is 36.1 Å². The van der Waals surface area contributed by atoms with Crippen LogP contribution in [0.2, 0.25) is 0 Å². The molecular formula is C23H25N5O3S. The third-order valence-electron chi connectivity index (χ3n) is 5.45. The van der Waals surface area contributed by atoms with Crippen molar-refractivity contribution in [2.24, 2.45) is 0 Å². The molecule has 0 saturated carbocycles. The van der Waals surface area contributed by atoms with Gasteiger partial charge in [0, 0.05) is 45.0 Å². The average molecular weight is 452 g/mol. The minimum absolute atomic E-state index is 0.0486. The predicted molar refractivity (Wildman–Crippen MR) is 122 cm³/mol. The normalized spacial score (nSPS) is 13.8. The molecule has 1 aliphatic rings. The van der Waals surface area contributed by atoms with Gasteiger partial charge in [0.2, 0.25) is 5.91 Å². The smallest absolute Gasteiger partial charge is 0.265 e. The standard InChI is InChI=1S/C23H25N5O3S/c1-16-20(32-22(26-16)21-24-10-3-11-25-21)23(30)28-14-12-27(13-15-28)19(29)9-6-17-4-7-18(31-2)8-5-17/h3-5,7-8,10-11H,6,9,12-15H2,1-2H3. The number of rotatable bonds is 6. The number of piperazine rings is 1. The molecule has 1 saturated heterocycles. The molecule has 9 heteroatoms. The van der Waals surface area contributed by atoms with Crippen LogP contribution in [-0.4, -0.2) is 69.9 Å². The summed E-state index contributed by atoms with van der Waals surface area (Å²) in [4.78, 5) is 42.8. The fraction of sp³-hybridized carbons (Fsp3) is 0.348. The number of carbonyl (C=O) groups is 2. The van der Waals surface area contributed by atoms with Gasteiger partial charge in [0.05, 0.1) is 12.8 Å². The van der Waals surface area contributed by atoms with Gasteiger partial charge in [0.1, 0.15) is 10.6 Å². The molecule has 166 valence electrons. The van der Waals surface area contributed by atoms with Gasteiger partial charge in [-0.25, -0.2) is 15.0 Å². The van der Waals surface area contributed by atoms with Crippen molar-refractivity contribution in [2.75, 3.05) is 33.3 Å². The molecule has 0 atom stereocenters. The van der Waals surface area contributed by atoms with Crippen molar-refractivity contribution in [3.63, 3.8) is 0 Å². The molecule has 1 aromatic carbocycles. The minimum Gasteiger partial charge on any atom is -0.497 e. The van der Waals surface area contributed by atoms with Gasteiger partial charge in [-0.1, -0.05) is 12.1 Å². The molecule has 1 fully saturated rings. The Morgan fingerprint density at radius 1 is 1.03 bits per heavy atom. The van der Waals surface area contributed by atoms with E-state index in [1.165, 1.54) is 11.3 Å². The number of nitrogens with zero attached hydrogens (tertiary/aromatic N) is 5. The Morgan fingerprint density at radius 3 is 2.34 bits per heavy atom. The third-order valence-corrected chi connectivity index (χ3v) is 6.60. The first kappa shape index (κ1) is 21.9. The molecule has 0 radical (unpaired) electrons. The lowest BCUT2D eigenvalue weighted by molar-refractivity contribution is -0.132. The zero-order valence-corrected chi connectivity index (χ0v) is 19.0. The number of hydrogen-bond donors (Lipinski definition) is 0. The fourth-order valence-electron chi connectivity index (χ4n) is 3.60. The predicted octanol–water partition coefficient (Wildman–Crippen LogP) is 2.83. The van der Waals surface area contributed by atoms with E-state index in [0.717, 1.165) is 11.3 Å². The van der Waals surface area contributed by atoms with Gasteiger partial charge < -0.3 is 14.5 Å². The summed E-state index contributed by atoms with van der Waals surface area (Å²) in [6, 6.07) is 9.51. The van der Waals surface area contributed by atoms with E-state index in [2.05, 4.69) is 15.0 Å². The van der Waals surface area contributed by atoms with E-state index in [0.29, 0.717) is 60.4 Å². The third kappa shape index (κ3) is 4.94. The lowest BCUT2D eigenvalue weighted by Crippen LogP contribution is -2.50. The second kappa shape index (κ2) is 9.86. The molecule has 3 aromatic rings. The Labute approximate surface area is 190 Å². The summed E-state index contributed by atoms with van der Waals surface area (Å²) in [5.74, 6) is 1.39. The molecule has 8 nitrogen and oxygen atoms in total. The quantitative estimate of drug-likeness (QED) is 0.573. The number of amides is 2. The first-order chi connectivity index (χ1) is 15.5. The van der Waals surface area contributed by atoms with Crippen LogP contribution < -0.4 is 4.74 Å². The molecule has 2 amide bonds. The Kier molecular flexibility index (Phi) is 6.75. The van der Waals surface area contributed by atoms with E-state index in [4.69, 9.17) is 4.74 Å². The summed E-state index contributed by atoms with van der Waals surface area (Å²) in [7, 11) is 1.63. The molecule has 0 unspecified atom stereocenters. The molecule has 2 aromatic heterocycles. The molecule has 3 heterocycles. The zero-order chi connectivity index (χ0) is 22.5. The van der Waals surface area contributed by atoms with Crippen LogP contribution in [0.1, 0.15) is 27.3 Å². The number of benzene rings is 1. The van der Waals surface area contributed by atoms with E-state index >= 15 is 0 Å². The number of aromatic nitrogens is 3. The van der Waals surface area contributed by atoms with Crippen LogP contribution in [0.25, 0.3) is 10.8 Å². The monoisotopic (exact) mass is 451 g/mol. The first-order valence-electron chi connectivity index (χ1n) is 10.5. The number of thiazole rings is 1. The highest BCUT2D eigenvalue weighted by Gasteiger charge is 2.27. The number of hydrogen-bond acceptors (Lipinski definition) is 7. The highest BCUT2D eigenvalue weighted by molar-refractivity contribution is 7.17. The van der Waals surface area contributed by atoms with Gasteiger partial charge in [0.25, 0.3) is 5.91 Å². The summed E-state index contributed by atoms with van der Waals surface area (Å²) >= 11 is 1.31. The summed E-state index contributed by atoms with van der Waals surface area (Å²) in [5.41, 5.74) is 1.78. The number of ether oxygens (including phenoxy) is 1. The number of carbonyl (C=O) groups excluding carboxylic acids is 2. The largest absolute Gasteiger partial charge is 0.497 e. The average Bonchev–Trinajstić information content (AvgIpc) is 3.24. The number of aryl methyl sites for hydroxylation is 2. The first-order valence-corrected chi connectivity index (χ1v) is 11.3. The maximum Gasteiger partial charge on any atom is 0.265 e. The lowest BCUT2D eigenvalue weighted by Gasteiger charge is -2.34. The van der Waals surface area contributed by atoms with Gasteiger partial charge in [-0.2, -0.15) is 0 Å². The van der Waals surface area contributed by atoms with Crippen molar-refractivity contribution in [3.8, 4) is 16.6 Å². The maximum absolute atomic E-state index is 13.0. The highest BCUT2D eigenvalue weighted by Crippen LogP contribution is 2.26. The molecule has 0 aliphatic carbocycles. The maximum atomic E-state index is 13.0. The zero-order valence-electron chi connectivity index (χ0n) is 18.2. The van der Waals surface area contributed by atoms with Crippen molar-refractivity contribution in [3.05, 3.63) is 58.9 Å². The van der Waals surface area contributed by atoms with Crippen LogP contribution in [0, 0.1) is 6.92 Å². The van der Waals surface area contributed by atoms with Crippen molar-refractivity contribution >= 4 is 23.2 Å². The highest BCUT2D eigenvalue weighted by atomic mass is 32.1. The van der Waals surface area contributed by atoms with Crippen LogP contribution in [0.15, 0.2) is 42.7 Å². The van der Waals surface area contributed by atoms with E-state index in [1.54, 1.807) is 30.5 Å². The summed E-state index contributed by atoms with van der Waals surface area (Å²) in [6.07, 6.45) is 4.46. The SMILES string of the molecule is COc1ccc(CCC(=O)N2CCN(C(=O)c3sc(-c4ncccn4)nc3C)CC2)cc1. The minimum atomic E-state index is -0.0486.